The van der Waals surface area contributed by atoms with E-state index in [0.717, 1.165) is 24.2 Å². The molecule has 1 aliphatic heterocycles. The van der Waals surface area contributed by atoms with Gasteiger partial charge in [0.05, 0.1) is 7.11 Å². The minimum Gasteiger partial charge on any atom is -0.467 e. The zero-order valence-corrected chi connectivity index (χ0v) is 13.3. The number of aromatic nitrogens is 2. The number of methoxy groups -OCH3 is 1. The number of imidazole rings is 1. The second kappa shape index (κ2) is 6.81. The van der Waals surface area contributed by atoms with Crippen LogP contribution in [0.3, 0.4) is 0 Å². The molecular weight excluding hydrogens is 286 g/mol. The van der Waals surface area contributed by atoms with Crippen molar-refractivity contribution in [1.82, 2.24) is 14.5 Å². The van der Waals surface area contributed by atoms with Crippen LogP contribution in [0.1, 0.15) is 37.1 Å². The van der Waals surface area contributed by atoms with E-state index in [0.29, 0.717) is 19.5 Å². The van der Waals surface area contributed by atoms with Crippen molar-refractivity contribution in [1.29, 1.82) is 0 Å². The van der Waals surface area contributed by atoms with E-state index in [2.05, 4.69) is 4.98 Å². The Balaban J connectivity index is 2.04. The minimum absolute atomic E-state index is 0.111. The van der Waals surface area contributed by atoms with Gasteiger partial charge in [0.1, 0.15) is 6.04 Å². The summed E-state index contributed by atoms with van der Waals surface area (Å²) in [6, 6.07) is -0.489. The molecule has 2 rings (SSSR count). The molecule has 7 nitrogen and oxygen atoms in total. The number of nitrogens with one attached hydrogen (secondary N) is 1. The Labute approximate surface area is 129 Å². The lowest BCUT2D eigenvalue weighted by atomic mass is 10.0. The summed E-state index contributed by atoms with van der Waals surface area (Å²) in [5, 5.41) is 0. The summed E-state index contributed by atoms with van der Waals surface area (Å²) in [6.45, 7) is 4.56. The van der Waals surface area contributed by atoms with Crippen LogP contribution in [0.4, 0.5) is 0 Å². The number of aromatic amines is 1. The Bertz CT molecular complexity index is 617. The number of amides is 1. The van der Waals surface area contributed by atoms with Crippen molar-refractivity contribution in [2.45, 2.75) is 52.1 Å². The van der Waals surface area contributed by atoms with Crippen LogP contribution in [0.2, 0.25) is 0 Å². The predicted molar refractivity (Wildman–Crippen MR) is 80.5 cm³/mol. The van der Waals surface area contributed by atoms with Gasteiger partial charge in [-0.05, 0) is 33.1 Å². The van der Waals surface area contributed by atoms with Gasteiger partial charge in [-0.25, -0.2) is 9.59 Å². The molecule has 0 aliphatic carbocycles. The topological polar surface area (TPSA) is 84.4 Å². The molecule has 1 aromatic rings. The van der Waals surface area contributed by atoms with Crippen LogP contribution in [-0.4, -0.2) is 46.0 Å². The molecule has 1 unspecified atom stereocenters. The average Bonchev–Trinajstić information content (AvgIpc) is 2.77. The third-order valence-electron chi connectivity index (χ3n) is 4.33. The molecule has 1 aliphatic rings. The first kappa shape index (κ1) is 16.3. The van der Waals surface area contributed by atoms with Gasteiger partial charge in [-0.1, -0.05) is 0 Å². The number of hydrogen-bond donors (Lipinski definition) is 1. The van der Waals surface area contributed by atoms with Gasteiger partial charge in [-0.2, -0.15) is 0 Å². The Morgan fingerprint density at radius 3 is 2.64 bits per heavy atom. The number of rotatable bonds is 4. The van der Waals surface area contributed by atoms with E-state index in [9.17, 15) is 14.4 Å². The van der Waals surface area contributed by atoms with E-state index in [4.69, 9.17) is 4.74 Å². The number of ether oxygens (including phenoxy) is 1. The van der Waals surface area contributed by atoms with Crippen molar-refractivity contribution in [3.8, 4) is 0 Å². The average molecular weight is 309 g/mol. The monoisotopic (exact) mass is 309 g/mol. The Hall–Kier alpha value is -2.05. The van der Waals surface area contributed by atoms with Crippen molar-refractivity contribution in [2.75, 3.05) is 13.7 Å². The molecule has 1 fully saturated rings. The maximum absolute atomic E-state index is 12.4. The molecule has 2 heterocycles. The summed E-state index contributed by atoms with van der Waals surface area (Å²) >= 11 is 0. The van der Waals surface area contributed by atoms with Gasteiger partial charge in [0.25, 0.3) is 0 Å². The number of piperidine rings is 1. The minimum atomic E-state index is -0.489. The highest BCUT2D eigenvalue weighted by atomic mass is 16.5. The molecule has 0 bridgehead atoms. The third kappa shape index (κ3) is 3.23. The first-order valence-corrected chi connectivity index (χ1v) is 7.59. The summed E-state index contributed by atoms with van der Waals surface area (Å²) in [6.07, 6.45) is 2.65. The fourth-order valence-electron chi connectivity index (χ4n) is 2.90. The first-order chi connectivity index (χ1) is 10.5. The normalized spacial score (nSPS) is 18.3. The molecule has 0 saturated carbocycles. The summed E-state index contributed by atoms with van der Waals surface area (Å²) in [5.74, 6) is -0.473. The quantitative estimate of drug-likeness (QED) is 0.831. The lowest BCUT2D eigenvalue weighted by Crippen LogP contribution is -2.48. The zero-order valence-electron chi connectivity index (χ0n) is 13.3. The van der Waals surface area contributed by atoms with Gasteiger partial charge < -0.3 is 14.6 Å². The van der Waals surface area contributed by atoms with E-state index in [1.54, 1.807) is 9.47 Å². The Morgan fingerprint density at radius 1 is 1.32 bits per heavy atom. The maximum Gasteiger partial charge on any atom is 0.328 e. The van der Waals surface area contributed by atoms with Crippen molar-refractivity contribution < 1.29 is 14.3 Å². The number of likely N-dealkylation sites (tertiary alicyclic amines) is 1. The molecule has 122 valence electrons. The molecule has 22 heavy (non-hydrogen) atoms. The van der Waals surface area contributed by atoms with E-state index in [1.807, 2.05) is 13.8 Å². The molecule has 0 spiro atoms. The summed E-state index contributed by atoms with van der Waals surface area (Å²) < 4.78 is 6.34. The van der Waals surface area contributed by atoms with Crippen LogP contribution in [-0.2, 0) is 20.9 Å². The highest BCUT2D eigenvalue weighted by Crippen LogP contribution is 2.19. The number of esters is 1. The van der Waals surface area contributed by atoms with Crippen LogP contribution in [0.15, 0.2) is 4.79 Å². The Kier molecular flexibility index (Phi) is 5.05. The summed E-state index contributed by atoms with van der Waals surface area (Å²) in [7, 11) is 1.34. The van der Waals surface area contributed by atoms with Gasteiger partial charge >= 0.3 is 11.7 Å². The van der Waals surface area contributed by atoms with Crippen LogP contribution in [0.5, 0.6) is 0 Å². The van der Waals surface area contributed by atoms with Crippen molar-refractivity contribution in [3.05, 3.63) is 21.9 Å². The number of aryl methyl sites for hydroxylation is 1. The number of hydrogen-bond acceptors (Lipinski definition) is 4. The molecular formula is C15H23N3O4. The van der Waals surface area contributed by atoms with E-state index < -0.39 is 6.04 Å². The first-order valence-electron chi connectivity index (χ1n) is 7.59. The smallest absolute Gasteiger partial charge is 0.328 e. The highest BCUT2D eigenvalue weighted by Gasteiger charge is 2.32. The van der Waals surface area contributed by atoms with Crippen molar-refractivity contribution in [3.63, 3.8) is 0 Å². The van der Waals surface area contributed by atoms with Crippen LogP contribution in [0, 0.1) is 13.8 Å². The summed E-state index contributed by atoms with van der Waals surface area (Å²) in [5.41, 5.74) is 1.44. The molecule has 0 radical (unpaired) electrons. The van der Waals surface area contributed by atoms with Gasteiger partial charge in [0, 0.05) is 30.9 Å². The fraction of sp³-hybridized carbons (Fsp3) is 0.667. The second-order valence-corrected chi connectivity index (χ2v) is 5.66. The lowest BCUT2D eigenvalue weighted by molar-refractivity contribution is -0.154. The highest BCUT2D eigenvalue weighted by molar-refractivity contribution is 5.84. The molecule has 1 saturated heterocycles. The van der Waals surface area contributed by atoms with Crippen LogP contribution < -0.4 is 5.69 Å². The number of H-pyrrole nitrogens is 1. The van der Waals surface area contributed by atoms with Crippen molar-refractivity contribution >= 4 is 11.9 Å². The maximum atomic E-state index is 12.4. The predicted octanol–water partition coefficient (Wildman–Crippen LogP) is 0.737. The standard InChI is InChI=1S/C15H23N3O4/c1-10-11(2)17(15(21)16-10)9-7-13(19)18-8-5-4-6-12(18)14(20)22-3/h12H,4-9H2,1-3H3,(H,16,21). The van der Waals surface area contributed by atoms with Gasteiger partial charge in [0.2, 0.25) is 5.91 Å². The number of nitrogens with zero attached hydrogens (tertiary/aromatic N) is 2. The zero-order chi connectivity index (χ0) is 16.3. The van der Waals surface area contributed by atoms with Crippen LogP contribution >= 0.6 is 0 Å². The molecule has 1 N–H and O–H groups in total. The largest absolute Gasteiger partial charge is 0.467 e. The van der Waals surface area contributed by atoms with Gasteiger partial charge in [-0.15, -0.1) is 0 Å². The van der Waals surface area contributed by atoms with Gasteiger partial charge in [-0.3, -0.25) is 9.36 Å². The lowest BCUT2D eigenvalue weighted by Gasteiger charge is -2.33. The van der Waals surface area contributed by atoms with E-state index >= 15 is 0 Å². The SMILES string of the molecule is COC(=O)C1CCCCN1C(=O)CCn1c(C)c(C)[nH]c1=O. The molecule has 7 heteroatoms. The van der Waals surface area contributed by atoms with Crippen LogP contribution in [0.25, 0.3) is 0 Å². The van der Waals surface area contributed by atoms with E-state index in [-0.39, 0.29) is 24.0 Å². The van der Waals surface area contributed by atoms with Gasteiger partial charge in [0.15, 0.2) is 0 Å². The molecule has 0 aromatic carbocycles. The second-order valence-electron chi connectivity index (χ2n) is 5.66. The fourth-order valence-corrected chi connectivity index (χ4v) is 2.90. The molecule has 1 amide bonds. The molecule has 1 aromatic heterocycles. The summed E-state index contributed by atoms with van der Waals surface area (Å²) in [4.78, 5) is 40.3. The Morgan fingerprint density at radius 2 is 2.05 bits per heavy atom. The number of carbonyl (C=O) groups excluding carboxylic acids is 2. The third-order valence-corrected chi connectivity index (χ3v) is 4.33. The molecule has 1 atom stereocenters. The van der Waals surface area contributed by atoms with Crippen molar-refractivity contribution in [2.24, 2.45) is 0 Å². The van der Waals surface area contributed by atoms with E-state index in [1.165, 1.54) is 7.11 Å². The number of carbonyl (C=O) groups is 2.